The first-order chi connectivity index (χ1) is 11.9. The van der Waals surface area contributed by atoms with Gasteiger partial charge in [-0.1, -0.05) is 6.07 Å². The number of anilines is 1. The molecule has 0 saturated carbocycles. The summed E-state index contributed by atoms with van der Waals surface area (Å²) < 4.78 is 0. The zero-order chi connectivity index (χ0) is 18.7. The number of nitrogen functional groups attached to an aromatic ring is 1. The van der Waals surface area contributed by atoms with Crippen LogP contribution in [-0.2, 0) is 17.6 Å². The lowest BCUT2D eigenvalue weighted by molar-refractivity contribution is -0.389. The molecular formula is C16H24N6O3P-. The van der Waals surface area contributed by atoms with Gasteiger partial charge in [-0.2, -0.15) is 0 Å². The van der Waals surface area contributed by atoms with E-state index in [-0.39, 0.29) is 21.6 Å². The smallest absolute Gasteiger partial charge is 0.363 e. The van der Waals surface area contributed by atoms with Crippen LogP contribution in [0.1, 0.15) is 18.1 Å². The Kier molecular flexibility index (Phi) is 11.4. The number of carbonyl (C=O) groups excluding carboxylic acids is 1. The van der Waals surface area contributed by atoms with Gasteiger partial charge in [-0.25, -0.2) is 4.98 Å². The zero-order valence-electron chi connectivity index (χ0n) is 14.6. The van der Waals surface area contributed by atoms with Crippen molar-refractivity contribution in [1.29, 1.82) is 0 Å². The van der Waals surface area contributed by atoms with Crippen LogP contribution < -0.4 is 16.8 Å². The van der Waals surface area contributed by atoms with E-state index in [4.69, 9.17) is 11.5 Å². The quantitative estimate of drug-likeness (QED) is 0.387. The first-order valence-corrected chi connectivity index (χ1v) is 7.66. The van der Waals surface area contributed by atoms with Crippen molar-refractivity contribution in [3.05, 3.63) is 57.9 Å². The van der Waals surface area contributed by atoms with Gasteiger partial charge in [0.15, 0.2) is 0 Å². The van der Waals surface area contributed by atoms with E-state index >= 15 is 0 Å². The number of hydrogen-bond donors (Lipinski definition) is 3. The van der Waals surface area contributed by atoms with Crippen molar-refractivity contribution in [2.75, 3.05) is 18.8 Å². The van der Waals surface area contributed by atoms with Gasteiger partial charge in [0.2, 0.25) is 5.91 Å². The van der Waals surface area contributed by atoms with Crippen LogP contribution in [0.25, 0.3) is 0 Å². The number of hydrogen-bond acceptors (Lipinski definition) is 7. The van der Waals surface area contributed by atoms with E-state index in [9.17, 15) is 14.9 Å². The molecule has 0 saturated heterocycles. The summed E-state index contributed by atoms with van der Waals surface area (Å²) in [5.74, 6) is 0.377. The average Bonchev–Trinajstić information content (AvgIpc) is 2.58. The van der Waals surface area contributed by atoms with Crippen LogP contribution in [0.15, 0.2) is 36.7 Å². The maximum Gasteiger partial charge on any atom is 0.363 e. The second kappa shape index (κ2) is 12.7. The summed E-state index contributed by atoms with van der Waals surface area (Å²) >= 11 is 0. The molecule has 26 heavy (non-hydrogen) atoms. The van der Waals surface area contributed by atoms with Crippen molar-refractivity contribution < 1.29 is 9.72 Å². The van der Waals surface area contributed by atoms with Crippen LogP contribution in [0, 0.1) is 10.1 Å². The van der Waals surface area contributed by atoms with E-state index in [1.54, 1.807) is 18.3 Å². The van der Waals surface area contributed by atoms with Gasteiger partial charge in [0.25, 0.3) is 0 Å². The predicted molar refractivity (Wildman–Crippen MR) is 104 cm³/mol. The highest BCUT2D eigenvalue weighted by molar-refractivity contribution is 6.92. The fourth-order valence-corrected chi connectivity index (χ4v) is 1.81. The van der Waals surface area contributed by atoms with Gasteiger partial charge >= 0.3 is 5.82 Å². The molecule has 5 N–H and O–H groups in total. The third-order valence-corrected chi connectivity index (χ3v) is 3.06. The number of pyridine rings is 2. The first-order valence-electron chi connectivity index (χ1n) is 7.66. The molecule has 9 nitrogen and oxygen atoms in total. The highest BCUT2D eigenvalue weighted by atomic mass is 31.0. The van der Waals surface area contributed by atoms with E-state index < -0.39 is 4.92 Å². The molecule has 0 radical (unpaired) electrons. The number of nitro groups is 1. The van der Waals surface area contributed by atoms with Crippen LogP contribution in [0.5, 0.6) is 0 Å². The average molecular weight is 379 g/mol. The number of nitrogens with two attached hydrogens (primary N) is 2. The summed E-state index contributed by atoms with van der Waals surface area (Å²) in [5.41, 5.74) is 12.7. The Balaban J connectivity index is 0.000000464. The van der Waals surface area contributed by atoms with Gasteiger partial charge in [-0.3, -0.25) is 4.79 Å². The van der Waals surface area contributed by atoms with Crippen molar-refractivity contribution >= 4 is 27.4 Å². The Bertz CT molecular complexity index is 679. The van der Waals surface area contributed by atoms with Crippen LogP contribution in [0.4, 0.5) is 11.6 Å². The molecule has 0 aliphatic heterocycles. The maximum atomic E-state index is 10.5. The minimum Gasteiger partial charge on any atom is -0.577 e. The summed E-state index contributed by atoms with van der Waals surface area (Å²) in [4.78, 5) is 27.8. The second-order valence-electron chi connectivity index (χ2n) is 5.14. The van der Waals surface area contributed by atoms with E-state index in [0.29, 0.717) is 25.3 Å². The molecule has 1 amide bonds. The van der Waals surface area contributed by atoms with Crippen LogP contribution in [0.3, 0.4) is 0 Å². The maximum absolute atomic E-state index is 10.5. The van der Waals surface area contributed by atoms with Gasteiger partial charge in [-0.05, 0) is 52.6 Å². The normalized spacial score (nSPS) is 9.31. The van der Waals surface area contributed by atoms with Crippen molar-refractivity contribution in [2.45, 2.75) is 19.8 Å². The van der Waals surface area contributed by atoms with Gasteiger partial charge in [0.05, 0.1) is 0 Å². The van der Waals surface area contributed by atoms with Crippen molar-refractivity contribution in [3.63, 3.8) is 0 Å². The molecule has 0 aliphatic rings. The Labute approximate surface area is 155 Å². The lowest BCUT2D eigenvalue weighted by Gasteiger charge is -2.01. The molecule has 0 unspecified atom stereocenters. The fourth-order valence-electron chi connectivity index (χ4n) is 1.81. The Hall–Kier alpha value is -2.64. The van der Waals surface area contributed by atoms with Gasteiger partial charge in [-0.15, -0.1) is 0 Å². The Morgan fingerprint density at radius 3 is 2.23 bits per heavy atom. The third-order valence-electron chi connectivity index (χ3n) is 3.06. The molecule has 10 heteroatoms. The molecule has 0 aromatic carbocycles. The third kappa shape index (κ3) is 9.61. The lowest BCUT2D eigenvalue weighted by Crippen LogP contribution is -2.22. The molecule has 0 aliphatic carbocycles. The van der Waals surface area contributed by atoms with Gasteiger partial charge < -0.3 is 36.8 Å². The molecule has 2 rings (SSSR count). The molecule has 142 valence electrons. The summed E-state index contributed by atoms with van der Waals surface area (Å²) in [6, 6.07) is 6.70. The van der Waals surface area contributed by atoms with E-state index in [1.807, 2.05) is 6.07 Å². The Morgan fingerprint density at radius 2 is 1.77 bits per heavy atom. The predicted octanol–water partition coefficient (Wildman–Crippen LogP) is 1.16. The molecule has 2 heterocycles. The number of rotatable bonds is 6. The van der Waals surface area contributed by atoms with Crippen LogP contribution >= 0.6 is 9.90 Å². The summed E-state index contributed by atoms with van der Waals surface area (Å²) in [7, 11) is 0. The van der Waals surface area contributed by atoms with Crippen molar-refractivity contribution in [1.82, 2.24) is 15.3 Å². The SMILES string of the molecule is CC(=O)NCCc1ccc(N)nc1.NCCc1ccc([N+](=O)[O-])nc1.[PH2-]. The number of nitrogens with zero attached hydrogens (tertiary/aromatic N) is 3. The monoisotopic (exact) mass is 379 g/mol. The summed E-state index contributed by atoms with van der Waals surface area (Å²) in [6.07, 6.45) is 4.68. The van der Waals surface area contributed by atoms with Crippen molar-refractivity contribution in [2.24, 2.45) is 5.73 Å². The van der Waals surface area contributed by atoms with E-state index in [2.05, 4.69) is 15.3 Å². The van der Waals surface area contributed by atoms with Gasteiger partial charge in [0, 0.05) is 25.7 Å². The Morgan fingerprint density at radius 1 is 1.15 bits per heavy atom. The highest BCUT2D eigenvalue weighted by Gasteiger charge is 2.04. The number of amides is 1. The second-order valence-corrected chi connectivity index (χ2v) is 5.14. The molecule has 0 fully saturated rings. The van der Waals surface area contributed by atoms with Crippen LogP contribution in [0.2, 0.25) is 0 Å². The molecule has 0 atom stereocenters. The fraction of sp³-hybridized carbons (Fsp3) is 0.312. The largest absolute Gasteiger partial charge is 0.577 e. The van der Waals surface area contributed by atoms with E-state index in [1.165, 1.54) is 19.2 Å². The first kappa shape index (κ1) is 23.4. The number of nitrogens with one attached hydrogen (secondary N) is 1. The molecule has 2 aromatic heterocycles. The van der Waals surface area contributed by atoms with Gasteiger partial charge in [0.1, 0.15) is 12.0 Å². The molecule has 0 bridgehead atoms. The van der Waals surface area contributed by atoms with E-state index in [0.717, 1.165) is 17.5 Å². The highest BCUT2D eigenvalue weighted by Crippen LogP contribution is 2.07. The zero-order valence-corrected chi connectivity index (χ0v) is 15.7. The molecular weight excluding hydrogens is 355 g/mol. The summed E-state index contributed by atoms with van der Waals surface area (Å²) in [6.45, 7) is 2.67. The molecule has 2 aromatic rings. The number of carbonyl (C=O) groups is 1. The summed E-state index contributed by atoms with van der Waals surface area (Å²) in [5, 5.41) is 12.9. The number of aromatic nitrogens is 2. The van der Waals surface area contributed by atoms with Crippen LogP contribution in [-0.4, -0.2) is 33.9 Å². The molecule has 0 spiro atoms. The minimum atomic E-state index is -0.522. The standard InChI is InChI=1S/C9H13N3O.C7H9N3O2.H2P/c1-7(13)11-5-4-8-2-3-9(10)12-6-8;8-4-3-6-1-2-7(9-5-6)10(11)12;/h2-3,6H,4-5H2,1H3,(H2,10,12)(H,11,13);1-2,5H,3-4,8H2;1H2/q;;-1. The minimum absolute atomic E-state index is 0. The lowest BCUT2D eigenvalue weighted by atomic mass is 10.2. The topological polar surface area (TPSA) is 150 Å². The van der Waals surface area contributed by atoms with Crippen molar-refractivity contribution in [3.8, 4) is 0 Å².